The number of phenols is 1. The van der Waals surface area contributed by atoms with Crippen LogP contribution in [-0.2, 0) is 0 Å². The molecule has 112 valence electrons. The van der Waals surface area contributed by atoms with E-state index in [1.165, 1.54) is 0 Å². The third kappa shape index (κ3) is 3.06. The van der Waals surface area contributed by atoms with Gasteiger partial charge >= 0.3 is 12.4 Å². The minimum absolute atomic E-state index is 0.0466. The summed E-state index contributed by atoms with van der Waals surface area (Å²) in [7, 11) is 0. The van der Waals surface area contributed by atoms with Gasteiger partial charge in [0.2, 0.25) is 0 Å². The number of alkyl halides is 6. The van der Waals surface area contributed by atoms with Crippen LogP contribution in [-0.4, -0.2) is 28.2 Å². The molecular formula is C12H10F6O2. The summed E-state index contributed by atoms with van der Waals surface area (Å²) in [6, 6.07) is 4.37. The van der Waals surface area contributed by atoms with Crippen LogP contribution in [0.15, 0.2) is 30.8 Å². The van der Waals surface area contributed by atoms with Gasteiger partial charge in [0, 0.05) is 6.42 Å². The Bertz CT molecular complexity index is 472. The number of benzene rings is 1. The second kappa shape index (κ2) is 5.01. The number of hydrogen-bond acceptors (Lipinski definition) is 2. The molecule has 0 amide bonds. The fraction of sp³-hybridized carbons (Fsp3) is 0.333. The lowest BCUT2D eigenvalue weighted by atomic mass is 9.90. The van der Waals surface area contributed by atoms with Crippen LogP contribution in [0.4, 0.5) is 26.3 Å². The highest BCUT2D eigenvalue weighted by atomic mass is 19.4. The molecule has 0 bridgehead atoms. The molecule has 0 aliphatic carbocycles. The zero-order valence-corrected chi connectivity index (χ0v) is 9.89. The Morgan fingerprint density at radius 3 is 1.70 bits per heavy atom. The molecule has 0 aliphatic rings. The van der Waals surface area contributed by atoms with E-state index in [1.54, 1.807) is 0 Å². The van der Waals surface area contributed by atoms with Crippen molar-refractivity contribution in [3.8, 4) is 5.75 Å². The van der Waals surface area contributed by atoms with Crippen molar-refractivity contribution < 1.29 is 36.6 Å². The van der Waals surface area contributed by atoms with E-state index in [2.05, 4.69) is 6.58 Å². The third-order valence-corrected chi connectivity index (χ3v) is 2.68. The van der Waals surface area contributed by atoms with Crippen LogP contribution < -0.4 is 0 Å². The molecule has 1 aromatic rings. The first-order valence-corrected chi connectivity index (χ1v) is 5.21. The quantitative estimate of drug-likeness (QED) is 0.837. The van der Waals surface area contributed by atoms with Crippen LogP contribution in [0, 0.1) is 0 Å². The van der Waals surface area contributed by atoms with Crippen LogP contribution in [0.1, 0.15) is 12.0 Å². The summed E-state index contributed by atoms with van der Waals surface area (Å²) in [5.74, 6) is -0.205. The lowest BCUT2D eigenvalue weighted by Crippen LogP contribution is -2.56. The predicted octanol–water partition coefficient (Wildman–Crippen LogP) is 3.65. The van der Waals surface area contributed by atoms with Crippen molar-refractivity contribution in [1.29, 1.82) is 0 Å². The first kappa shape index (κ1) is 16.4. The minimum atomic E-state index is -5.88. The molecule has 0 aliphatic heterocycles. The largest absolute Gasteiger partial charge is 0.508 e. The fourth-order valence-electron chi connectivity index (χ4n) is 1.47. The maximum Gasteiger partial charge on any atom is 0.426 e. The first-order valence-electron chi connectivity index (χ1n) is 5.21. The number of aromatic hydroxyl groups is 1. The van der Waals surface area contributed by atoms with Gasteiger partial charge in [-0.2, -0.15) is 26.3 Å². The summed E-state index contributed by atoms with van der Waals surface area (Å²) in [4.78, 5) is 0. The molecule has 8 heteroatoms. The van der Waals surface area contributed by atoms with Crippen molar-refractivity contribution in [1.82, 2.24) is 0 Å². The highest BCUT2D eigenvalue weighted by Gasteiger charge is 2.70. The average Bonchev–Trinajstić information content (AvgIpc) is 2.26. The Morgan fingerprint density at radius 2 is 1.35 bits per heavy atom. The summed E-state index contributed by atoms with van der Waals surface area (Å²) in [6.07, 6.45) is -13.5. The van der Waals surface area contributed by atoms with Crippen LogP contribution in [0.25, 0.3) is 5.57 Å². The van der Waals surface area contributed by atoms with Crippen molar-refractivity contribution in [2.24, 2.45) is 0 Å². The molecular weight excluding hydrogens is 290 g/mol. The van der Waals surface area contributed by atoms with Crippen molar-refractivity contribution in [2.45, 2.75) is 24.4 Å². The van der Waals surface area contributed by atoms with E-state index in [0.717, 1.165) is 24.3 Å². The fourth-order valence-corrected chi connectivity index (χ4v) is 1.47. The third-order valence-electron chi connectivity index (χ3n) is 2.68. The monoisotopic (exact) mass is 300 g/mol. The SMILES string of the molecule is C=C(CC(O)(C(F)(F)F)C(F)(F)F)c1ccc(O)cc1. The smallest absolute Gasteiger partial charge is 0.426 e. The lowest BCUT2D eigenvalue weighted by Gasteiger charge is -2.32. The van der Waals surface area contributed by atoms with Gasteiger partial charge in [-0.3, -0.25) is 0 Å². The van der Waals surface area contributed by atoms with E-state index in [0.29, 0.717) is 0 Å². The van der Waals surface area contributed by atoms with Gasteiger partial charge in [-0.25, -0.2) is 0 Å². The standard InChI is InChI=1S/C12H10F6O2/c1-7(8-2-4-9(19)5-3-8)6-10(20,11(13,14)15)12(16,17)18/h2-5,19-20H,1,6H2. The zero-order valence-electron chi connectivity index (χ0n) is 9.89. The van der Waals surface area contributed by atoms with E-state index in [1.807, 2.05) is 0 Å². The predicted molar refractivity (Wildman–Crippen MR) is 58.8 cm³/mol. The van der Waals surface area contributed by atoms with Crippen molar-refractivity contribution in [2.75, 3.05) is 0 Å². The molecule has 0 saturated carbocycles. The van der Waals surface area contributed by atoms with Crippen LogP contribution in [0.5, 0.6) is 5.75 Å². The summed E-state index contributed by atoms with van der Waals surface area (Å²) >= 11 is 0. The van der Waals surface area contributed by atoms with Crippen LogP contribution in [0.3, 0.4) is 0 Å². The van der Waals surface area contributed by atoms with Crippen molar-refractivity contribution >= 4 is 5.57 Å². The maximum atomic E-state index is 12.5. The summed E-state index contributed by atoms with van der Waals surface area (Å²) in [5.41, 5.74) is -5.47. The van der Waals surface area contributed by atoms with Gasteiger partial charge in [0.1, 0.15) is 5.75 Å². The van der Waals surface area contributed by atoms with Crippen LogP contribution >= 0.6 is 0 Å². The molecule has 2 nitrogen and oxygen atoms in total. The Hall–Kier alpha value is -1.70. The van der Waals surface area contributed by atoms with E-state index in [9.17, 15) is 26.3 Å². The summed E-state index contributed by atoms with van der Waals surface area (Å²) < 4.78 is 74.9. The Balaban J connectivity index is 3.09. The van der Waals surface area contributed by atoms with Gasteiger partial charge in [-0.15, -0.1) is 0 Å². The minimum Gasteiger partial charge on any atom is -0.508 e. The average molecular weight is 300 g/mol. The molecule has 1 rings (SSSR count). The van der Waals surface area contributed by atoms with Gasteiger partial charge in [0.15, 0.2) is 0 Å². The molecule has 2 N–H and O–H groups in total. The van der Waals surface area contributed by atoms with E-state index >= 15 is 0 Å². The molecule has 0 saturated heterocycles. The van der Waals surface area contributed by atoms with Gasteiger partial charge in [-0.1, -0.05) is 18.7 Å². The second-order valence-electron chi connectivity index (χ2n) is 4.18. The van der Waals surface area contributed by atoms with E-state index in [4.69, 9.17) is 10.2 Å². The number of rotatable bonds is 3. The van der Waals surface area contributed by atoms with Gasteiger partial charge < -0.3 is 10.2 Å². The molecule has 0 atom stereocenters. The number of aliphatic hydroxyl groups is 1. The molecule has 0 unspecified atom stereocenters. The zero-order chi connectivity index (χ0) is 15.8. The Kier molecular flexibility index (Phi) is 4.09. The van der Waals surface area contributed by atoms with Crippen molar-refractivity contribution in [3.63, 3.8) is 0 Å². The molecule has 0 radical (unpaired) electrons. The number of halogens is 6. The highest BCUT2D eigenvalue weighted by Crippen LogP contribution is 2.47. The van der Waals surface area contributed by atoms with Crippen molar-refractivity contribution in [3.05, 3.63) is 36.4 Å². The number of hydrogen-bond donors (Lipinski definition) is 2. The highest BCUT2D eigenvalue weighted by molar-refractivity contribution is 5.65. The first-order chi connectivity index (χ1) is 8.88. The molecule has 0 fully saturated rings. The Morgan fingerprint density at radius 1 is 0.950 bits per heavy atom. The van der Waals surface area contributed by atoms with Gasteiger partial charge in [0.05, 0.1) is 0 Å². The lowest BCUT2D eigenvalue weighted by molar-refractivity contribution is -0.365. The van der Waals surface area contributed by atoms with E-state index in [-0.39, 0.29) is 11.3 Å². The molecule has 0 heterocycles. The van der Waals surface area contributed by atoms with Crippen LogP contribution in [0.2, 0.25) is 0 Å². The van der Waals surface area contributed by atoms with Gasteiger partial charge in [0.25, 0.3) is 5.60 Å². The van der Waals surface area contributed by atoms with Gasteiger partial charge in [-0.05, 0) is 23.3 Å². The number of phenolic OH excluding ortho intramolecular Hbond substituents is 1. The summed E-state index contributed by atoms with van der Waals surface area (Å²) in [6.45, 7) is 3.13. The molecule has 0 aromatic heterocycles. The Labute approximate surface area is 110 Å². The van der Waals surface area contributed by atoms with E-state index < -0.39 is 29.9 Å². The normalized spacial score (nSPS) is 13.3. The molecule has 20 heavy (non-hydrogen) atoms. The topological polar surface area (TPSA) is 40.5 Å². The summed E-state index contributed by atoms with van der Waals surface area (Å²) in [5, 5.41) is 18.0. The second-order valence-corrected chi connectivity index (χ2v) is 4.18. The molecule has 0 spiro atoms. The molecule has 1 aromatic carbocycles. The maximum absolute atomic E-state index is 12.5.